The van der Waals surface area contributed by atoms with Crippen LogP contribution in [0.4, 0.5) is 10.5 Å². The first-order chi connectivity index (χ1) is 18.1. The normalized spacial score (nSPS) is 16.0. The third-order valence-corrected chi connectivity index (χ3v) is 6.58. The van der Waals surface area contributed by atoms with Gasteiger partial charge in [0.1, 0.15) is 11.6 Å². The molecule has 0 aliphatic carbocycles. The molecule has 0 radical (unpaired) electrons. The fraction of sp³-hybridized carbons (Fsp3) is 0.448. The minimum atomic E-state index is -0.921. The molecule has 9 nitrogen and oxygen atoms in total. The molecule has 0 saturated heterocycles. The van der Waals surface area contributed by atoms with Gasteiger partial charge in [0.2, 0.25) is 5.91 Å². The summed E-state index contributed by atoms with van der Waals surface area (Å²) in [6.45, 7) is 11.1. The first-order valence-corrected chi connectivity index (χ1v) is 13.2. The van der Waals surface area contributed by atoms with E-state index in [4.69, 9.17) is 9.47 Å². The lowest BCUT2D eigenvalue weighted by Gasteiger charge is -2.40. The summed E-state index contributed by atoms with van der Waals surface area (Å²) in [6.07, 6.45) is -0.0613. The molecule has 0 spiro atoms. The van der Waals surface area contributed by atoms with E-state index in [-0.39, 0.29) is 17.9 Å². The van der Waals surface area contributed by atoms with E-state index in [0.717, 1.165) is 11.1 Å². The second-order valence-electron chi connectivity index (χ2n) is 11.3. The van der Waals surface area contributed by atoms with Crippen molar-refractivity contribution in [2.75, 3.05) is 12.4 Å². The van der Waals surface area contributed by atoms with Crippen LogP contribution in [0.25, 0.3) is 0 Å². The predicted octanol–water partition coefficient (Wildman–Crippen LogP) is 4.60. The number of alkyl carbamates (subject to hydrolysis) is 1. The molecule has 1 aliphatic rings. The SMILES string of the molecule is COC(=O)c1ccc(C(=O)Nc2ccc3c(c2)CN(C(=O)C(NC(=O)OC(C)(C)C)C(C)(C)S)C(C)C3)cc1. The molecule has 0 bridgehead atoms. The van der Waals surface area contributed by atoms with Crippen LogP contribution in [0.15, 0.2) is 42.5 Å². The van der Waals surface area contributed by atoms with Crippen LogP contribution in [0.3, 0.4) is 0 Å². The van der Waals surface area contributed by atoms with Gasteiger partial charge < -0.3 is 25.0 Å². The second kappa shape index (κ2) is 11.7. The molecule has 2 aromatic carbocycles. The van der Waals surface area contributed by atoms with Crippen molar-refractivity contribution >= 4 is 42.2 Å². The molecule has 0 aromatic heterocycles. The summed E-state index contributed by atoms with van der Waals surface area (Å²) in [5.74, 6) is -1.07. The van der Waals surface area contributed by atoms with Gasteiger partial charge in [0.25, 0.3) is 5.91 Å². The van der Waals surface area contributed by atoms with Gasteiger partial charge in [-0.25, -0.2) is 9.59 Å². The second-order valence-corrected chi connectivity index (χ2v) is 12.4. The topological polar surface area (TPSA) is 114 Å². The molecule has 3 amide bonds. The first-order valence-electron chi connectivity index (χ1n) is 12.7. The van der Waals surface area contributed by atoms with E-state index in [9.17, 15) is 19.2 Å². The lowest BCUT2D eigenvalue weighted by Crippen LogP contribution is -2.59. The Hall–Kier alpha value is -3.53. The van der Waals surface area contributed by atoms with Crippen LogP contribution in [-0.4, -0.2) is 58.3 Å². The van der Waals surface area contributed by atoms with Crippen LogP contribution in [0.1, 0.15) is 73.4 Å². The van der Waals surface area contributed by atoms with Crippen molar-refractivity contribution < 1.29 is 28.7 Å². The lowest BCUT2D eigenvalue weighted by molar-refractivity contribution is -0.137. The minimum absolute atomic E-state index is 0.114. The summed E-state index contributed by atoms with van der Waals surface area (Å²) in [7, 11) is 1.30. The summed E-state index contributed by atoms with van der Waals surface area (Å²) >= 11 is 4.60. The Balaban J connectivity index is 1.77. The summed E-state index contributed by atoms with van der Waals surface area (Å²) in [5.41, 5.74) is 2.58. The number of esters is 1. The molecule has 2 atom stereocenters. The first kappa shape index (κ1) is 30.0. The summed E-state index contributed by atoms with van der Waals surface area (Å²) < 4.78 is 9.22. The van der Waals surface area contributed by atoms with Gasteiger partial charge in [-0.05, 0) is 95.5 Å². The summed E-state index contributed by atoms with van der Waals surface area (Å²) in [4.78, 5) is 52.4. The van der Waals surface area contributed by atoms with Gasteiger partial charge in [0, 0.05) is 28.6 Å². The molecular formula is C29H37N3O6S. The Morgan fingerprint density at radius 3 is 2.15 bits per heavy atom. The van der Waals surface area contributed by atoms with Crippen LogP contribution >= 0.6 is 12.6 Å². The zero-order chi connectivity index (χ0) is 29.1. The van der Waals surface area contributed by atoms with Gasteiger partial charge >= 0.3 is 12.1 Å². The van der Waals surface area contributed by atoms with Crippen LogP contribution in [-0.2, 0) is 27.2 Å². The number of nitrogens with zero attached hydrogens (tertiary/aromatic N) is 1. The molecule has 1 heterocycles. The fourth-order valence-corrected chi connectivity index (χ4v) is 4.50. The maximum atomic E-state index is 13.7. The Morgan fingerprint density at radius 1 is 0.974 bits per heavy atom. The van der Waals surface area contributed by atoms with Crippen molar-refractivity contribution in [3.63, 3.8) is 0 Å². The maximum absolute atomic E-state index is 13.7. The van der Waals surface area contributed by atoms with E-state index in [1.807, 2.05) is 25.1 Å². The number of rotatable bonds is 6. The van der Waals surface area contributed by atoms with Gasteiger partial charge in [-0.2, -0.15) is 12.6 Å². The number of nitrogens with one attached hydrogen (secondary N) is 2. The number of hydrogen-bond acceptors (Lipinski definition) is 7. The van der Waals surface area contributed by atoms with Crippen molar-refractivity contribution in [3.05, 3.63) is 64.7 Å². The highest BCUT2D eigenvalue weighted by molar-refractivity contribution is 7.81. The number of anilines is 1. The van der Waals surface area contributed by atoms with Crippen LogP contribution in [0.5, 0.6) is 0 Å². The average Bonchev–Trinajstić information content (AvgIpc) is 2.84. The minimum Gasteiger partial charge on any atom is -0.465 e. The summed E-state index contributed by atoms with van der Waals surface area (Å²) in [5, 5.41) is 5.59. The largest absolute Gasteiger partial charge is 0.465 e. The van der Waals surface area contributed by atoms with Crippen molar-refractivity contribution in [3.8, 4) is 0 Å². The standard InChI is InChI=1S/C29H37N3O6S/c1-17-14-20-12-13-22(30-24(33)18-8-10-19(11-9-18)26(35)37-7)15-21(20)16-32(17)25(34)23(29(5,6)39)31-27(36)38-28(2,3)4/h8-13,15,17,23,39H,14,16H2,1-7H3,(H,30,33)(H,31,36). The molecule has 3 rings (SSSR count). The molecule has 210 valence electrons. The molecule has 2 N–H and O–H groups in total. The Bertz CT molecular complexity index is 1250. The fourth-order valence-electron chi connectivity index (χ4n) is 4.32. The molecule has 10 heteroatoms. The van der Waals surface area contributed by atoms with E-state index < -0.39 is 28.5 Å². The monoisotopic (exact) mass is 555 g/mol. The van der Waals surface area contributed by atoms with Gasteiger partial charge in [0.15, 0.2) is 0 Å². The lowest BCUT2D eigenvalue weighted by atomic mass is 9.92. The molecule has 2 aromatic rings. The quantitative estimate of drug-likeness (QED) is 0.355. The number of amides is 3. The van der Waals surface area contributed by atoms with Gasteiger partial charge in [-0.15, -0.1) is 0 Å². The highest BCUT2D eigenvalue weighted by Crippen LogP contribution is 2.29. The van der Waals surface area contributed by atoms with Crippen LogP contribution in [0.2, 0.25) is 0 Å². The third-order valence-electron chi connectivity index (χ3n) is 6.32. The summed E-state index contributed by atoms with van der Waals surface area (Å²) in [6, 6.07) is 10.8. The number of hydrogen-bond donors (Lipinski definition) is 3. The van der Waals surface area contributed by atoms with E-state index in [2.05, 4.69) is 23.3 Å². The van der Waals surface area contributed by atoms with Gasteiger partial charge in [-0.3, -0.25) is 9.59 Å². The Labute approximate surface area is 235 Å². The Kier molecular flexibility index (Phi) is 9.00. The zero-order valence-corrected chi connectivity index (χ0v) is 24.3. The Morgan fingerprint density at radius 2 is 1.59 bits per heavy atom. The number of methoxy groups -OCH3 is 1. The highest BCUT2D eigenvalue weighted by atomic mass is 32.1. The number of fused-ring (bicyclic) bond motifs is 1. The number of thiol groups is 1. The van der Waals surface area contributed by atoms with E-state index in [0.29, 0.717) is 29.8 Å². The highest BCUT2D eigenvalue weighted by Gasteiger charge is 2.40. The number of benzene rings is 2. The van der Waals surface area contributed by atoms with Crippen molar-refractivity contribution in [1.29, 1.82) is 0 Å². The van der Waals surface area contributed by atoms with Crippen LogP contribution in [0, 0.1) is 0 Å². The van der Waals surface area contributed by atoms with E-state index in [1.165, 1.54) is 19.2 Å². The number of ether oxygens (including phenoxy) is 2. The zero-order valence-electron chi connectivity index (χ0n) is 23.5. The molecule has 0 saturated carbocycles. The average molecular weight is 556 g/mol. The smallest absolute Gasteiger partial charge is 0.408 e. The van der Waals surface area contributed by atoms with Crippen molar-refractivity contribution in [2.45, 2.75) is 76.9 Å². The third kappa shape index (κ3) is 7.75. The molecule has 39 heavy (non-hydrogen) atoms. The molecular weight excluding hydrogens is 518 g/mol. The van der Waals surface area contributed by atoms with Gasteiger partial charge in [-0.1, -0.05) is 6.07 Å². The molecule has 1 aliphatic heterocycles. The maximum Gasteiger partial charge on any atom is 0.408 e. The van der Waals surface area contributed by atoms with Crippen molar-refractivity contribution in [2.24, 2.45) is 0 Å². The number of carbonyl (C=O) groups excluding carboxylic acids is 4. The van der Waals surface area contributed by atoms with Crippen LogP contribution < -0.4 is 10.6 Å². The van der Waals surface area contributed by atoms with Crippen molar-refractivity contribution in [1.82, 2.24) is 10.2 Å². The molecule has 2 unspecified atom stereocenters. The van der Waals surface area contributed by atoms with Gasteiger partial charge in [0.05, 0.1) is 12.7 Å². The molecule has 0 fully saturated rings. The predicted molar refractivity (Wildman–Crippen MR) is 152 cm³/mol. The van der Waals surface area contributed by atoms with E-state index >= 15 is 0 Å². The number of carbonyl (C=O) groups is 4. The van der Waals surface area contributed by atoms with E-state index in [1.54, 1.807) is 51.7 Å².